The van der Waals surface area contributed by atoms with Crippen molar-refractivity contribution in [1.82, 2.24) is 4.98 Å². The smallest absolute Gasteiger partial charge is 0.271 e. The van der Waals surface area contributed by atoms with E-state index in [1.807, 2.05) is 0 Å². The number of aromatic nitrogens is 1. The number of H-pyrrole nitrogens is 1. The molecule has 0 bridgehead atoms. The van der Waals surface area contributed by atoms with Crippen molar-refractivity contribution in [2.24, 2.45) is 0 Å². The highest BCUT2D eigenvalue weighted by atomic mass is 35.5. The lowest BCUT2D eigenvalue weighted by molar-refractivity contribution is 0.469. The summed E-state index contributed by atoms with van der Waals surface area (Å²) in [6.45, 7) is 1.56. The molecule has 1 aromatic heterocycles. The van der Waals surface area contributed by atoms with Crippen LogP contribution < -0.4 is 5.56 Å². The lowest BCUT2D eigenvalue weighted by Gasteiger charge is -2.01. The lowest BCUT2D eigenvalue weighted by Crippen LogP contribution is -2.07. The Labute approximate surface area is 72.6 Å². The molecule has 0 aliphatic rings. The average Bonchev–Trinajstić information content (AvgIpc) is 1.97. The summed E-state index contributed by atoms with van der Waals surface area (Å²) in [6.07, 6.45) is 0. The van der Waals surface area contributed by atoms with Gasteiger partial charge in [-0.15, -0.1) is 0 Å². The Bertz CT molecular complexity index is 345. The number of pyridine rings is 1. The predicted molar refractivity (Wildman–Crippen MR) is 43.5 cm³/mol. The Kier molecular flexibility index (Phi) is 2.11. The van der Waals surface area contributed by atoms with E-state index < -0.39 is 5.56 Å². The van der Waals surface area contributed by atoms with Crippen LogP contribution in [-0.2, 0) is 0 Å². The summed E-state index contributed by atoms with van der Waals surface area (Å²) in [7, 11) is 0. The van der Waals surface area contributed by atoms with Gasteiger partial charge in [-0.05, 0) is 6.92 Å². The van der Waals surface area contributed by atoms with Crippen molar-refractivity contribution in [2.75, 3.05) is 0 Å². The molecule has 0 spiro atoms. The molecule has 0 radical (unpaired) electrons. The summed E-state index contributed by atoms with van der Waals surface area (Å²) in [5, 5.41) is 9.01. The number of hydrogen-bond acceptors (Lipinski definition) is 2. The van der Waals surface area contributed by atoms with Gasteiger partial charge in [-0.25, -0.2) is 0 Å². The molecule has 11 heavy (non-hydrogen) atoms. The molecule has 1 aromatic rings. The van der Waals surface area contributed by atoms with Crippen LogP contribution in [-0.4, -0.2) is 10.1 Å². The van der Waals surface area contributed by atoms with Gasteiger partial charge in [0.15, 0.2) is 0 Å². The van der Waals surface area contributed by atoms with Gasteiger partial charge in [0.25, 0.3) is 5.56 Å². The second kappa shape index (κ2) is 2.75. The molecule has 5 heteroatoms. The zero-order valence-corrected chi connectivity index (χ0v) is 7.12. The second-order valence-corrected chi connectivity index (χ2v) is 2.81. The van der Waals surface area contributed by atoms with Crippen molar-refractivity contribution >= 4 is 23.2 Å². The molecule has 1 heterocycles. The van der Waals surface area contributed by atoms with Gasteiger partial charge in [-0.2, -0.15) is 0 Å². The van der Waals surface area contributed by atoms with Gasteiger partial charge < -0.3 is 10.1 Å². The summed E-state index contributed by atoms with van der Waals surface area (Å²) >= 11 is 10.9. The number of hydrogen-bond donors (Lipinski definition) is 2. The number of aromatic hydroxyl groups is 1. The molecule has 0 saturated carbocycles. The number of aromatic amines is 1. The fourth-order valence-corrected chi connectivity index (χ4v) is 0.989. The van der Waals surface area contributed by atoms with Crippen LogP contribution in [0.1, 0.15) is 5.56 Å². The predicted octanol–water partition coefficient (Wildman–Crippen LogP) is 1.70. The zero-order chi connectivity index (χ0) is 8.59. The Balaban J connectivity index is 3.59. The normalized spacial score (nSPS) is 10.1. The minimum atomic E-state index is -0.584. The first-order valence-corrected chi connectivity index (χ1v) is 3.56. The van der Waals surface area contributed by atoms with Gasteiger partial charge in [-0.1, -0.05) is 23.2 Å². The SMILES string of the molecule is Cc1c(Cl)[nH]c(=O)c(Cl)c1O. The summed E-state index contributed by atoms with van der Waals surface area (Å²) < 4.78 is 0. The standard InChI is InChI=1S/C6H5Cl2NO2/c1-2-4(10)3(7)6(11)9-5(2)8/h1H3,(H2,9,10,11). The van der Waals surface area contributed by atoms with Gasteiger partial charge in [0, 0.05) is 5.56 Å². The van der Waals surface area contributed by atoms with Crippen LogP contribution in [0.5, 0.6) is 5.75 Å². The third kappa shape index (κ3) is 1.34. The maximum absolute atomic E-state index is 10.8. The molecule has 0 unspecified atom stereocenters. The van der Waals surface area contributed by atoms with Crippen molar-refractivity contribution < 1.29 is 5.11 Å². The van der Waals surface area contributed by atoms with Gasteiger partial charge in [0.1, 0.15) is 15.9 Å². The molecule has 0 saturated heterocycles. The van der Waals surface area contributed by atoms with Crippen molar-refractivity contribution in [3.8, 4) is 5.75 Å². The van der Waals surface area contributed by atoms with Crippen molar-refractivity contribution in [1.29, 1.82) is 0 Å². The Morgan fingerprint density at radius 1 is 1.45 bits per heavy atom. The molecular weight excluding hydrogens is 189 g/mol. The third-order valence-corrected chi connectivity index (χ3v) is 2.04. The fraction of sp³-hybridized carbons (Fsp3) is 0.167. The van der Waals surface area contributed by atoms with E-state index in [0.717, 1.165) is 0 Å². The van der Waals surface area contributed by atoms with Crippen molar-refractivity contribution in [2.45, 2.75) is 6.92 Å². The highest BCUT2D eigenvalue weighted by Crippen LogP contribution is 2.26. The van der Waals surface area contributed by atoms with E-state index in [1.165, 1.54) is 0 Å². The first-order valence-electron chi connectivity index (χ1n) is 2.81. The lowest BCUT2D eigenvalue weighted by atomic mass is 10.3. The van der Waals surface area contributed by atoms with Gasteiger partial charge in [0.2, 0.25) is 0 Å². The molecule has 0 fully saturated rings. The van der Waals surface area contributed by atoms with E-state index >= 15 is 0 Å². The molecule has 2 N–H and O–H groups in total. The molecule has 1 rings (SSSR count). The quantitative estimate of drug-likeness (QED) is 0.617. The van der Waals surface area contributed by atoms with Crippen molar-refractivity contribution in [3.63, 3.8) is 0 Å². The van der Waals surface area contributed by atoms with Crippen molar-refractivity contribution in [3.05, 3.63) is 26.1 Å². The van der Waals surface area contributed by atoms with Crippen LogP contribution in [0.3, 0.4) is 0 Å². The zero-order valence-electron chi connectivity index (χ0n) is 5.61. The molecule has 0 atom stereocenters. The summed E-state index contributed by atoms with van der Waals surface area (Å²) in [5.74, 6) is -0.264. The topological polar surface area (TPSA) is 53.1 Å². The first-order chi connectivity index (χ1) is 5.04. The second-order valence-electron chi connectivity index (χ2n) is 2.06. The van der Waals surface area contributed by atoms with Crippen LogP contribution >= 0.6 is 23.2 Å². The summed E-state index contributed by atoms with van der Waals surface area (Å²) in [4.78, 5) is 13.0. The van der Waals surface area contributed by atoms with Gasteiger partial charge in [-0.3, -0.25) is 4.79 Å². The number of nitrogens with one attached hydrogen (secondary N) is 1. The van der Waals surface area contributed by atoms with Crippen LogP contribution in [0.2, 0.25) is 10.2 Å². The highest BCUT2D eigenvalue weighted by molar-refractivity contribution is 6.33. The maximum Gasteiger partial charge on any atom is 0.271 e. The number of halogens is 2. The monoisotopic (exact) mass is 193 g/mol. The molecule has 0 aliphatic heterocycles. The minimum absolute atomic E-state index is 0.108. The average molecular weight is 194 g/mol. The van der Waals surface area contributed by atoms with E-state index in [9.17, 15) is 4.79 Å². The summed E-state index contributed by atoms with van der Waals surface area (Å²) in [5.41, 5.74) is -0.212. The van der Waals surface area contributed by atoms with Crippen LogP contribution in [0.15, 0.2) is 4.79 Å². The molecule has 3 nitrogen and oxygen atoms in total. The van der Waals surface area contributed by atoms with E-state index in [1.54, 1.807) is 6.92 Å². The Morgan fingerprint density at radius 2 is 2.00 bits per heavy atom. The third-order valence-electron chi connectivity index (χ3n) is 1.31. The van der Waals surface area contributed by atoms with E-state index in [4.69, 9.17) is 28.3 Å². The Morgan fingerprint density at radius 3 is 2.55 bits per heavy atom. The largest absolute Gasteiger partial charge is 0.506 e. The van der Waals surface area contributed by atoms with Gasteiger partial charge in [0.05, 0.1) is 0 Å². The molecule has 0 amide bonds. The molecular formula is C6H5Cl2NO2. The van der Waals surface area contributed by atoms with E-state index in [-0.39, 0.29) is 15.9 Å². The minimum Gasteiger partial charge on any atom is -0.506 e. The fourth-order valence-electron chi connectivity index (χ4n) is 0.624. The molecule has 60 valence electrons. The van der Waals surface area contributed by atoms with Crippen LogP contribution in [0.4, 0.5) is 0 Å². The van der Waals surface area contributed by atoms with E-state index in [0.29, 0.717) is 5.56 Å². The van der Waals surface area contributed by atoms with E-state index in [2.05, 4.69) is 4.98 Å². The molecule has 0 aliphatic carbocycles. The first kappa shape index (κ1) is 8.43. The Hall–Kier alpha value is -0.670. The van der Waals surface area contributed by atoms with Gasteiger partial charge >= 0.3 is 0 Å². The maximum atomic E-state index is 10.8. The number of rotatable bonds is 0. The summed E-state index contributed by atoms with van der Waals surface area (Å²) in [6, 6.07) is 0. The molecule has 0 aromatic carbocycles. The highest BCUT2D eigenvalue weighted by Gasteiger charge is 2.09. The van der Waals surface area contributed by atoms with Crippen LogP contribution in [0, 0.1) is 6.92 Å². The van der Waals surface area contributed by atoms with Crippen LogP contribution in [0.25, 0.3) is 0 Å².